The molecule has 0 aromatic heterocycles. The van der Waals surface area contributed by atoms with Gasteiger partial charge in [-0.15, -0.1) is 0 Å². The van der Waals surface area contributed by atoms with Gasteiger partial charge in [-0.2, -0.15) is 31.6 Å². The number of rotatable bonds is 6. The Kier molecular flexibility index (Phi) is 7.84. The van der Waals surface area contributed by atoms with Gasteiger partial charge in [0.15, 0.2) is 0 Å². The van der Waals surface area contributed by atoms with Gasteiger partial charge in [-0.25, -0.2) is 0 Å². The average molecular weight is 449 g/mol. The van der Waals surface area contributed by atoms with E-state index in [1.807, 2.05) is 0 Å². The number of alkyl halides is 6. The maximum Gasteiger partial charge on any atom is 0.417 e. The fourth-order valence-electron chi connectivity index (χ4n) is 4.03. The van der Waals surface area contributed by atoms with E-state index in [1.54, 1.807) is 0 Å². The van der Waals surface area contributed by atoms with Crippen LogP contribution in [-0.2, 0) is 11.0 Å². The number of carbonyl (C=O) groups excluding carboxylic acids is 1. The molecular weight excluding hydrogens is 424 g/mol. The maximum absolute atomic E-state index is 13.4. The molecule has 0 N–H and O–H groups in total. The lowest BCUT2D eigenvalue weighted by Crippen LogP contribution is -2.53. The second-order valence-electron chi connectivity index (χ2n) is 7.75. The zero-order valence-electron chi connectivity index (χ0n) is 17.4. The highest BCUT2D eigenvalue weighted by molar-refractivity contribution is 5.85. The number of halogens is 6. The number of anilines is 1. The van der Waals surface area contributed by atoms with Crippen molar-refractivity contribution < 1.29 is 31.1 Å². The van der Waals surface area contributed by atoms with Crippen molar-refractivity contribution in [2.24, 2.45) is 0 Å². The zero-order chi connectivity index (χ0) is 23.4. The third kappa shape index (κ3) is 6.28. The van der Waals surface area contributed by atoms with Crippen LogP contribution in [0.5, 0.6) is 0 Å². The number of carbonyl (C=O) groups is 1. The highest BCUT2D eigenvalue weighted by atomic mass is 19.4. The van der Waals surface area contributed by atoms with Gasteiger partial charge in [0.2, 0.25) is 5.91 Å². The summed E-state index contributed by atoms with van der Waals surface area (Å²) in [6.45, 7) is -0.0616. The monoisotopic (exact) mass is 449 g/mol. The fraction of sp³-hybridized carbons (Fsp3) is 0.619. The van der Waals surface area contributed by atoms with Crippen LogP contribution >= 0.6 is 0 Å². The molecule has 0 radical (unpaired) electrons. The second kappa shape index (κ2) is 9.79. The molecule has 1 fully saturated rings. The van der Waals surface area contributed by atoms with E-state index in [2.05, 4.69) is 0 Å². The van der Waals surface area contributed by atoms with Gasteiger partial charge in [0.05, 0.1) is 17.2 Å². The molecule has 1 saturated carbocycles. The SMILES string of the molecule is CCC(C(=O)N(C)C1CCCCC1)N(CC(F)(F)F)c1ccc(C#N)c(C(F)(F)F)c1. The summed E-state index contributed by atoms with van der Waals surface area (Å²) in [5, 5.41) is 8.95. The summed E-state index contributed by atoms with van der Waals surface area (Å²) in [6.07, 6.45) is -5.35. The van der Waals surface area contributed by atoms with Crippen LogP contribution in [0.3, 0.4) is 0 Å². The molecule has 0 saturated heterocycles. The smallest absolute Gasteiger partial charge is 0.350 e. The Bertz CT molecular complexity index is 809. The van der Waals surface area contributed by atoms with E-state index in [0.717, 1.165) is 44.2 Å². The summed E-state index contributed by atoms with van der Waals surface area (Å²) in [4.78, 5) is 15.2. The quantitative estimate of drug-likeness (QED) is 0.538. The minimum atomic E-state index is -4.92. The molecule has 10 heteroatoms. The van der Waals surface area contributed by atoms with Gasteiger partial charge in [0.25, 0.3) is 0 Å². The van der Waals surface area contributed by atoms with Gasteiger partial charge in [-0.1, -0.05) is 26.2 Å². The lowest BCUT2D eigenvalue weighted by molar-refractivity contribution is -0.137. The molecule has 31 heavy (non-hydrogen) atoms. The van der Waals surface area contributed by atoms with Crippen LogP contribution in [0.2, 0.25) is 0 Å². The van der Waals surface area contributed by atoms with Crippen molar-refractivity contribution in [3.8, 4) is 6.07 Å². The third-order valence-electron chi connectivity index (χ3n) is 5.63. The Hall–Kier alpha value is -2.44. The van der Waals surface area contributed by atoms with Gasteiger partial charge in [0, 0.05) is 18.8 Å². The molecule has 172 valence electrons. The first kappa shape index (κ1) is 24.8. The van der Waals surface area contributed by atoms with Crippen molar-refractivity contribution in [3.05, 3.63) is 29.3 Å². The molecule has 2 rings (SSSR count). The first-order chi connectivity index (χ1) is 14.4. The third-order valence-corrected chi connectivity index (χ3v) is 5.63. The molecule has 1 aromatic carbocycles. The molecule has 1 amide bonds. The molecular formula is C21H25F6N3O. The second-order valence-corrected chi connectivity index (χ2v) is 7.75. The van der Waals surface area contributed by atoms with E-state index in [1.165, 1.54) is 24.9 Å². The summed E-state index contributed by atoms with van der Waals surface area (Å²) in [7, 11) is 1.53. The molecule has 0 bridgehead atoms. The van der Waals surface area contributed by atoms with Gasteiger partial charge in [0.1, 0.15) is 12.6 Å². The number of nitriles is 1. The number of benzene rings is 1. The van der Waals surface area contributed by atoms with Crippen molar-refractivity contribution in [3.63, 3.8) is 0 Å². The number of hydrogen-bond acceptors (Lipinski definition) is 3. The van der Waals surface area contributed by atoms with Crippen LogP contribution in [0.1, 0.15) is 56.6 Å². The summed E-state index contributed by atoms with van der Waals surface area (Å²) < 4.78 is 80.1. The molecule has 1 aliphatic rings. The van der Waals surface area contributed by atoms with Crippen LogP contribution in [0.25, 0.3) is 0 Å². The Morgan fingerprint density at radius 1 is 1.16 bits per heavy atom. The van der Waals surface area contributed by atoms with Gasteiger partial charge in [-0.3, -0.25) is 4.79 Å². The van der Waals surface area contributed by atoms with Crippen LogP contribution in [0, 0.1) is 11.3 Å². The molecule has 1 aromatic rings. The van der Waals surface area contributed by atoms with Crippen LogP contribution < -0.4 is 4.90 Å². The first-order valence-corrected chi connectivity index (χ1v) is 10.1. The van der Waals surface area contributed by atoms with Gasteiger partial charge >= 0.3 is 12.4 Å². The number of nitrogens with zero attached hydrogens (tertiary/aromatic N) is 3. The van der Waals surface area contributed by atoms with Crippen LogP contribution in [0.15, 0.2) is 18.2 Å². The molecule has 1 aliphatic carbocycles. The molecule has 1 atom stereocenters. The zero-order valence-corrected chi connectivity index (χ0v) is 17.4. The van der Waals surface area contributed by atoms with E-state index in [9.17, 15) is 31.1 Å². The largest absolute Gasteiger partial charge is 0.417 e. The maximum atomic E-state index is 13.4. The van der Waals surface area contributed by atoms with E-state index in [4.69, 9.17) is 5.26 Å². The van der Waals surface area contributed by atoms with Crippen molar-refractivity contribution in [2.75, 3.05) is 18.5 Å². The minimum Gasteiger partial charge on any atom is -0.350 e. The summed E-state index contributed by atoms with van der Waals surface area (Å²) >= 11 is 0. The number of likely N-dealkylation sites (N-methyl/N-ethyl adjacent to an activating group) is 1. The van der Waals surface area contributed by atoms with E-state index < -0.39 is 47.7 Å². The Morgan fingerprint density at radius 2 is 1.77 bits per heavy atom. The topological polar surface area (TPSA) is 47.3 Å². The van der Waals surface area contributed by atoms with Crippen molar-refractivity contribution in [1.29, 1.82) is 5.26 Å². The van der Waals surface area contributed by atoms with Crippen LogP contribution in [-0.4, -0.2) is 42.7 Å². The van der Waals surface area contributed by atoms with Crippen molar-refractivity contribution in [2.45, 2.75) is 69.9 Å². The lowest BCUT2D eigenvalue weighted by atomic mass is 9.94. The summed E-state index contributed by atoms with van der Waals surface area (Å²) in [5.41, 5.74) is -2.43. The molecule has 4 nitrogen and oxygen atoms in total. The lowest BCUT2D eigenvalue weighted by Gasteiger charge is -2.38. The fourth-order valence-corrected chi connectivity index (χ4v) is 4.03. The first-order valence-electron chi connectivity index (χ1n) is 10.1. The minimum absolute atomic E-state index is 0.0205. The standard InChI is InChI=1S/C21H25F6N3O/c1-3-18(19(31)29(2)15-7-5-4-6-8-15)30(13-20(22,23)24)16-10-9-14(12-28)17(11-16)21(25,26)27/h9-11,15,18H,3-8,13H2,1-2H3. The van der Waals surface area contributed by atoms with Crippen molar-refractivity contribution in [1.82, 2.24) is 4.90 Å². The molecule has 0 heterocycles. The molecule has 0 aliphatic heterocycles. The average Bonchev–Trinajstić information content (AvgIpc) is 2.71. The van der Waals surface area contributed by atoms with Crippen LogP contribution in [0.4, 0.5) is 32.0 Å². The molecule has 1 unspecified atom stereocenters. The predicted molar refractivity (Wildman–Crippen MR) is 103 cm³/mol. The number of amides is 1. The van der Waals surface area contributed by atoms with E-state index >= 15 is 0 Å². The highest BCUT2D eigenvalue weighted by Crippen LogP contribution is 2.36. The van der Waals surface area contributed by atoms with Gasteiger partial charge < -0.3 is 9.80 Å². The van der Waals surface area contributed by atoms with E-state index in [-0.39, 0.29) is 12.5 Å². The van der Waals surface area contributed by atoms with Gasteiger partial charge in [-0.05, 0) is 37.5 Å². The predicted octanol–water partition coefficient (Wildman–Crippen LogP) is 5.52. The summed E-state index contributed by atoms with van der Waals surface area (Å²) in [5.74, 6) is -0.559. The van der Waals surface area contributed by atoms with Crippen molar-refractivity contribution >= 4 is 11.6 Å². The number of hydrogen-bond donors (Lipinski definition) is 0. The normalized spacial score (nSPS) is 16.5. The summed E-state index contributed by atoms with van der Waals surface area (Å²) in [6, 6.07) is 2.39. The Morgan fingerprint density at radius 3 is 2.26 bits per heavy atom. The molecule has 0 spiro atoms. The highest BCUT2D eigenvalue weighted by Gasteiger charge is 2.40. The Labute approximate surface area is 177 Å². The Balaban J connectivity index is 2.47. The van der Waals surface area contributed by atoms with E-state index in [0.29, 0.717) is 11.0 Å².